The van der Waals surface area contributed by atoms with Gasteiger partial charge in [-0.2, -0.15) is 0 Å². The van der Waals surface area contributed by atoms with Crippen LogP contribution in [0.5, 0.6) is 0 Å². The van der Waals surface area contributed by atoms with Gasteiger partial charge in [-0.3, -0.25) is 9.69 Å². The van der Waals surface area contributed by atoms with E-state index in [9.17, 15) is 4.79 Å². The molecule has 4 nitrogen and oxygen atoms in total. The number of rotatable bonds is 3. The van der Waals surface area contributed by atoms with Crippen LogP contribution in [-0.4, -0.2) is 54.0 Å². The molecule has 3 fully saturated rings. The number of hydrogen-bond acceptors (Lipinski definition) is 3. The molecule has 2 unspecified atom stereocenters. The average Bonchev–Trinajstić information content (AvgIpc) is 3.01. The van der Waals surface area contributed by atoms with Crippen molar-refractivity contribution >= 4 is 5.91 Å². The van der Waals surface area contributed by atoms with Crippen molar-refractivity contribution < 1.29 is 4.79 Å². The Hall–Kier alpha value is -0.610. The first-order valence-corrected chi connectivity index (χ1v) is 9.00. The summed E-state index contributed by atoms with van der Waals surface area (Å²) < 4.78 is 0. The van der Waals surface area contributed by atoms with E-state index in [1.165, 1.54) is 38.5 Å². The molecule has 0 radical (unpaired) electrons. The summed E-state index contributed by atoms with van der Waals surface area (Å²) in [6, 6.07) is 1.13. The highest BCUT2D eigenvalue weighted by Gasteiger charge is 2.29. The van der Waals surface area contributed by atoms with Gasteiger partial charge in [-0.25, -0.2) is 0 Å². The zero-order valence-electron chi connectivity index (χ0n) is 13.3. The molecule has 1 amide bonds. The SMILES string of the molecule is NC1CCCC(CC(=O)N2CCN(C3CCCC3)CC2)C1. The van der Waals surface area contributed by atoms with Crippen molar-refractivity contribution in [1.29, 1.82) is 0 Å². The third kappa shape index (κ3) is 3.98. The van der Waals surface area contributed by atoms with E-state index >= 15 is 0 Å². The van der Waals surface area contributed by atoms with Gasteiger partial charge in [0, 0.05) is 44.7 Å². The van der Waals surface area contributed by atoms with Crippen LogP contribution in [0.15, 0.2) is 0 Å². The average molecular weight is 293 g/mol. The molecule has 2 saturated carbocycles. The van der Waals surface area contributed by atoms with Gasteiger partial charge in [-0.15, -0.1) is 0 Å². The fourth-order valence-electron chi connectivity index (χ4n) is 4.50. The van der Waals surface area contributed by atoms with Crippen molar-refractivity contribution in [3.63, 3.8) is 0 Å². The molecule has 3 aliphatic rings. The first kappa shape index (κ1) is 15.3. The number of carbonyl (C=O) groups is 1. The largest absolute Gasteiger partial charge is 0.340 e. The summed E-state index contributed by atoms with van der Waals surface area (Å²) >= 11 is 0. The quantitative estimate of drug-likeness (QED) is 0.865. The highest BCUT2D eigenvalue weighted by Crippen LogP contribution is 2.27. The number of nitrogens with two attached hydrogens (primary N) is 1. The summed E-state index contributed by atoms with van der Waals surface area (Å²) in [6.45, 7) is 4.05. The standard InChI is InChI=1S/C17H31N3O/c18-15-5-3-4-14(12-15)13-17(21)20-10-8-19(9-11-20)16-6-1-2-7-16/h14-16H,1-13,18H2. The van der Waals surface area contributed by atoms with E-state index in [0.29, 0.717) is 17.9 Å². The maximum Gasteiger partial charge on any atom is 0.222 e. The number of amides is 1. The third-order valence-corrected chi connectivity index (χ3v) is 5.79. The molecule has 2 N–H and O–H groups in total. The lowest BCUT2D eigenvalue weighted by Crippen LogP contribution is -2.51. The predicted molar refractivity (Wildman–Crippen MR) is 85.0 cm³/mol. The predicted octanol–water partition coefficient (Wildman–Crippen LogP) is 1.98. The molecule has 21 heavy (non-hydrogen) atoms. The van der Waals surface area contributed by atoms with Crippen LogP contribution in [0.2, 0.25) is 0 Å². The molecular weight excluding hydrogens is 262 g/mol. The van der Waals surface area contributed by atoms with E-state index in [4.69, 9.17) is 5.73 Å². The van der Waals surface area contributed by atoms with E-state index in [-0.39, 0.29) is 0 Å². The van der Waals surface area contributed by atoms with Crippen LogP contribution in [0.1, 0.15) is 57.8 Å². The van der Waals surface area contributed by atoms with Gasteiger partial charge in [0.25, 0.3) is 0 Å². The number of piperazine rings is 1. The second kappa shape index (κ2) is 7.10. The minimum absolute atomic E-state index is 0.329. The highest BCUT2D eigenvalue weighted by molar-refractivity contribution is 5.76. The van der Waals surface area contributed by atoms with E-state index in [2.05, 4.69) is 9.80 Å². The summed E-state index contributed by atoms with van der Waals surface area (Å²) in [7, 11) is 0. The molecule has 3 rings (SSSR count). The van der Waals surface area contributed by atoms with Crippen LogP contribution in [-0.2, 0) is 4.79 Å². The van der Waals surface area contributed by atoms with Crippen LogP contribution < -0.4 is 5.73 Å². The topological polar surface area (TPSA) is 49.6 Å². The fraction of sp³-hybridized carbons (Fsp3) is 0.941. The molecule has 1 saturated heterocycles. The van der Waals surface area contributed by atoms with Crippen molar-refractivity contribution in [2.24, 2.45) is 11.7 Å². The molecule has 2 aliphatic carbocycles. The van der Waals surface area contributed by atoms with Gasteiger partial charge in [0.2, 0.25) is 5.91 Å². The summed E-state index contributed by atoms with van der Waals surface area (Å²) in [5.41, 5.74) is 6.04. The lowest BCUT2D eigenvalue weighted by molar-refractivity contribution is -0.134. The molecule has 4 heteroatoms. The lowest BCUT2D eigenvalue weighted by Gasteiger charge is -2.38. The fourth-order valence-corrected chi connectivity index (χ4v) is 4.50. The van der Waals surface area contributed by atoms with E-state index in [1.807, 2.05) is 0 Å². The third-order valence-electron chi connectivity index (χ3n) is 5.79. The Bertz CT molecular complexity index is 346. The molecule has 0 spiro atoms. The zero-order chi connectivity index (χ0) is 14.7. The zero-order valence-corrected chi connectivity index (χ0v) is 13.3. The van der Waals surface area contributed by atoms with Gasteiger partial charge < -0.3 is 10.6 Å². The Morgan fingerprint density at radius 3 is 2.33 bits per heavy atom. The Morgan fingerprint density at radius 2 is 1.67 bits per heavy atom. The van der Waals surface area contributed by atoms with Crippen molar-refractivity contribution in [1.82, 2.24) is 9.80 Å². The smallest absolute Gasteiger partial charge is 0.222 e. The summed E-state index contributed by atoms with van der Waals surface area (Å²) in [5.74, 6) is 0.911. The Labute approximate surface area is 129 Å². The second-order valence-electron chi connectivity index (χ2n) is 7.35. The first-order chi connectivity index (χ1) is 10.2. The maximum atomic E-state index is 12.5. The van der Waals surface area contributed by atoms with Crippen LogP contribution in [0.25, 0.3) is 0 Å². The van der Waals surface area contributed by atoms with Gasteiger partial charge in [-0.05, 0) is 38.0 Å². The van der Waals surface area contributed by atoms with E-state index in [0.717, 1.165) is 51.5 Å². The molecule has 1 heterocycles. The van der Waals surface area contributed by atoms with E-state index in [1.54, 1.807) is 0 Å². The Kier molecular flexibility index (Phi) is 5.17. The van der Waals surface area contributed by atoms with Crippen molar-refractivity contribution in [3.8, 4) is 0 Å². The van der Waals surface area contributed by atoms with Crippen molar-refractivity contribution in [3.05, 3.63) is 0 Å². The number of nitrogens with zero attached hydrogens (tertiary/aromatic N) is 2. The second-order valence-corrected chi connectivity index (χ2v) is 7.35. The van der Waals surface area contributed by atoms with Gasteiger partial charge in [0.1, 0.15) is 0 Å². The minimum Gasteiger partial charge on any atom is -0.340 e. The van der Waals surface area contributed by atoms with Crippen LogP contribution in [0.3, 0.4) is 0 Å². The molecule has 0 aromatic rings. The van der Waals surface area contributed by atoms with Crippen LogP contribution in [0, 0.1) is 5.92 Å². The maximum absolute atomic E-state index is 12.5. The van der Waals surface area contributed by atoms with Gasteiger partial charge in [-0.1, -0.05) is 19.3 Å². The minimum atomic E-state index is 0.329. The summed E-state index contributed by atoms with van der Waals surface area (Å²) in [4.78, 5) is 17.2. The number of carbonyl (C=O) groups excluding carboxylic acids is 1. The van der Waals surface area contributed by atoms with Gasteiger partial charge in [0.15, 0.2) is 0 Å². The van der Waals surface area contributed by atoms with E-state index < -0.39 is 0 Å². The highest BCUT2D eigenvalue weighted by atomic mass is 16.2. The molecule has 0 aromatic carbocycles. The molecular formula is C17H31N3O. The molecule has 2 atom stereocenters. The molecule has 1 aliphatic heterocycles. The summed E-state index contributed by atoms with van der Waals surface area (Å²) in [5, 5.41) is 0. The summed E-state index contributed by atoms with van der Waals surface area (Å²) in [6.07, 6.45) is 10.9. The molecule has 0 aromatic heterocycles. The molecule has 120 valence electrons. The Morgan fingerprint density at radius 1 is 0.952 bits per heavy atom. The Balaban J connectivity index is 1.42. The van der Waals surface area contributed by atoms with Crippen LogP contribution in [0.4, 0.5) is 0 Å². The number of hydrogen-bond donors (Lipinski definition) is 1. The monoisotopic (exact) mass is 293 g/mol. The van der Waals surface area contributed by atoms with Gasteiger partial charge >= 0.3 is 0 Å². The van der Waals surface area contributed by atoms with Gasteiger partial charge in [0.05, 0.1) is 0 Å². The van der Waals surface area contributed by atoms with Crippen molar-refractivity contribution in [2.75, 3.05) is 26.2 Å². The van der Waals surface area contributed by atoms with Crippen LogP contribution >= 0.6 is 0 Å². The molecule has 0 bridgehead atoms. The first-order valence-electron chi connectivity index (χ1n) is 9.00. The lowest BCUT2D eigenvalue weighted by atomic mass is 9.84. The van der Waals surface area contributed by atoms with Crippen molar-refractivity contribution in [2.45, 2.75) is 69.9 Å². The normalized spacial score (nSPS) is 32.5.